The summed E-state index contributed by atoms with van der Waals surface area (Å²) >= 11 is 0. The number of hydrogen-bond donors (Lipinski definition) is 1. The molecular weight excluding hydrogens is 266 g/mol. The topological polar surface area (TPSA) is 51.7 Å². The number of amides is 1. The van der Waals surface area contributed by atoms with Crippen molar-refractivity contribution >= 4 is 11.7 Å². The molecule has 1 aromatic heterocycles. The van der Waals surface area contributed by atoms with Gasteiger partial charge in [0.05, 0.1) is 5.56 Å². The van der Waals surface area contributed by atoms with Crippen LogP contribution in [0.2, 0.25) is 0 Å². The third kappa shape index (κ3) is 4.41. The molecule has 1 N–H and O–H groups in total. The zero-order valence-electron chi connectivity index (χ0n) is 13.2. The molecule has 0 bridgehead atoms. The van der Waals surface area contributed by atoms with Crippen molar-refractivity contribution in [1.29, 1.82) is 0 Å². The Bertz CT molecular complexity index is 454. The average molecular weight is 291 g/mol. The van der Waals surface area contributed by atoms with Gasteiger partial charge in [0.15, 0.2) is 0 Å². The van der Waals surface area contributed by atoms with Crippen LogP contribution in [0.15, 0.2) is 18.3 Å². The molecule has 0 aromatic carbocycles. The molecule has 1 aromatic rings. The summed E-state index contributed by atoms with van der Waals surface area (Å²) in [6.45, 7) is 6.34. The molecule has 0 saturated carbocycles. The molecule has 0 unspecified atom stereocenters. The fourth-order valence-corrected chi connectivity index (χ4v) is 2.34. The van der Waals surface area contributed by atoms with E-state index in [1.54, 1.807) is 25.2 Å². The Balaban J connectivity index is 1.87. The lowest BCUT2D eigenvalue weighted by Crippen LogP contribution is -2.46. The standard InChI is InChI=1S/C15H25N5O/c1-18(2)15(21)13-4-5-14(17-12-13)19(3)10-11-20-8-6-16-7-9-20/h4-5,12,16H,6-11H2,1-3H3. The van der Waals surface area contributed by atoms with E-state index in [0.717, 1.165) is 45.1 Å². The highest BCUT2D eigenvalue weighted by atomic mass is 16.2. The summed E-state index contributed by atoms with van der Waals surface area (Å²) in [5.74, 6) is 0.887. The number of carbonyl (C=O) groups excluding carboxylic acids is 1. The maximum absolute atomic E-state index is 11.8. The molecule has 2 rings (SSSR count). The Morgan fingerprint density at radius 2 is 2.00 bits per heavy atom. The minimum Gasteiger partial charge on any atom is -0.358 e. The van der Waals surface area contributed by atoms with Crippen LogP contribution >= 0.6 is 0 Å². The van der Waals surface area contributed by atoms with E-state index < -0.39 is 0 Å². The van der Waals surface area contributed by atoms with Crippen molar-refractivity contribution in [3.05, 3.63) is 23.9 Å². The predicted molar refractivity (Wildman–Crippen MR) is 84.8 cm³/mol. The highest BCUT2D eigenvalue weighted by molar-refractivity contribution is 5.93. The molecule has 1 fully saturated rings. The minimum atomic E-state index is -0.0162. The van der Waals surface area contributed by atoms with E-state index in [1.807, 2.05) is 19.2 Å². The molecule has 1 amide bonds. The summed E-state index contributed by atoms with van der Waals surface area (Å²) in [5, 5.41) is 3.36. The number of carbonyl (C=O) groups is 1. The first kappa shape index (κ1) is 15.7. The van der Waals surface area contributed by atoms with Crippen molar-refractivity contribution in [2.45, 2.75) is 0 Å². The fourth-order valence-electron chi connectivity index (χ4n) is 2.34. The van der Waals surface area contributed by atoms with Gasteiger partial charge in [-0.2, -0.15) is 0 Å². The quantitative estimate of drug-likeness (QED) is 0.835. The second kappa shape index (κ2) is 7.38. The Hall–Kier alpha value is -1.66. The average Bonchev–Trinajstić information content (AvgIpc) is 2.53. The summed E-state index contributed by atoms with van der Waals surface area (Å²) < 4.78 is 0. The summed E-state index contributed by atoms with van der Waals surface area (Å²) in [6.07, 6.45) is 1.65. The summed E-state index contributed by atoms with van der Waals surface area (Å²) in [7, 11) is 5.53. The van der Waals surface area contributed by atoms with Crippen LogP contribution in [0.1, 0.15) is 10.4 Å². The molecule has 6 nitrogen and oxygen atoms in total. The molecule has 6 heteroatoms. The number of hydrogen-bond acceptors (Lipinski definition) is 5. The van der Waals surface area contributed by atoms with E-state index in [0.29, 0.717) is 5.56 Å². The van der Waals surface area contributed by atoms with Gasteiger partial charge in [-0.25, -0.2) is 4.98 Å². The highest BCUT2D eigenvalue weighted by Gasteiger charge is 2.12. The summed E-state index contributed by atoms with van der Waals surface area (Å²) in [5.41, 5.74) is 0.624. The van der Waals surface area contributed by atoms with E-state index in [9.17, 15) is 4.79 Å². The van der Waals surface area contributed by atoms with Crippen molar-refractivity contribution in [2.75, 3.05) is 65.3 Å². The largest absolute Gasteiger partial charge is 0.358 e. The van der Waals surface area contributed by atoms with Crippen molar-refractivity contribution in [3.63, 3.8) is 0 Å². The van der Waals surface area contributed by atoms with Crippen molar-refractivity contribution < 1.29 is 4.79 Å². The first-order valence-electron chi connectivity index (χ1n) is 7.40. The molecule has 0 spiro atoms. The molecule has 0 radical (unpaired) electrons. The van der Waals surface area contributed by atoms with Crippen LogP contribution in [0.25, 0.3) is 0 Å². The zero-order valence-corrected chi connectivity index (χ0v) is 13.2. The van der Waals surface area contributed by atoms with Gasteiger partial charge in [0.2, 0.25) is 0 Å². The van der Waals surface area contributed by atoms with E-state index >= 15 is 0 Å². The first-order chi connectivity index (χ1) is 10.1. The lowest BCUT2D eigenvalue weighted by molar-refractivity contribution is 0.0827. The summed E-state index contributed by atoms with van der Waals surface area (Å²) in [6, 6.07) is 3.75. The van der Waals surface area contributed by atoms with Gasteiger partial charge in [-0.1, -0.05) is 0 Å². The van der Waals surface area contributed by atoms with Gasteiger partial charge in [-0.05, 0) is 12.1 Å². The van der Waals surface area contributed by atoms with E-state index in [4.69, 9.17) is 0 Å². The van der Waals surface area contributed by atoms with Crippen LogP contribution < -0.4 is 10.2 Å². The molecular formula is C15H25N5O. The number of piperazine rings is 1. The zero-order chi connectivity index (χ0) is 15.2. The fraction of sp³-hybridized carbons (Fsp3) is 0.600. The van der Waals surface area contributed by atoms with E-state index in [-0.39, 0.29) is 5.91 Å². The molecule has 0 aliphatic carbocycles. The van der Waals surface area contributed by atoms with E-state index in [2.05, 4.69) is 20.1 Å². The van der Waals surface area contributed by atoms with Gasteiger partial charge in [-0.3, -0.25) is 9.69 Å². The van der Waals surface area contributed by atoms with Gasteiger partial charge in [0, 0.05) is 66.6 Å². The van der Waals surface area contributed by atoms with E-state index in [1.165, 1.54) is 0 Å². The second-order valence-corrected chi connectivity index (χ2v) is 5.62. The Morgan fingerprint density at radius 3 is 2.57 bits per heavy atom. The third-order valence-electron chi connectivity index (χ3n) is 3.75. The van der Waals surface area contributed by atoms with Crippen LogP contribution in [0.3, 0.4) is 0 Å². The predicted octanol–water partition coefficient (Wildman–Crippen LogP) is 0.125. The van der Waals surface area contributed by atoms with Gasteiger partial charge in [0.1, 0.15) is 5.82 Å². The summed E-state index contributed by atoms with van der Waals surface area (Å²) in [4.78, 5) is 22.4. The van der Waals surface area contributed by atoms with Crippen molar-refractivity contribution in [1.82, 2.24) is 20.1 Å². The Labute approximate surface area is 126 Å². The molecule has 2 heterocycles. The third-order valence-corrected chi connectivity index (χ3v) is 3.75. The lowest BCUT2D eigenvalue weighted by atomic mass is 10.2. The van der Waals surface area contributed by atoms with Crippen LogP contribution in [0, 0.1) is 0 Å². The van der Waals surface area contributed by atoms with Crippen LogP contribution in [0.5, 0.6) is 0 Å². The Morgan fingerprint density at radius 1 is 1.29 bits per heavy atom. The first-order valence-corrected chi connectivity index (χ1v) is 7.40. The van der Waals surface area contributed by atoms with Gasteiger partial charge >= 0.3 is 0 Å². The van der Waals surface area contributed by atoms with Crippen molar-refractivity contribution in [3.8, 4) is 0 Å². The molecule has 21 heavy (non-hydrogen) atoms. The minimum absolute atomic E-state index is 0.0162. The molecule has 116 valence electrons. The number of rotatable bonds is 5. The van der Waals surface area contributed by atoms with Gasteiger partial charge in [0.25, 0.3) is 5.91 Å². The number of anilines is 1. The lowest BCUT2D eigenvalue weighted by Gasteiger charge is -2.29. The molecule has 0 atom stereocenters. The van der Waals surface area contributed by atoms with Gasteiger partial charge < -0.3 is 15.1 Å². The number of pyridine rings is 1. The monoisotopic (exact) mass is 291 g/mol. The number of nitrogens with zero attached hydrogens (tertiary/aromatic N) is 4. The Kier molecular flexibility index (Phi) is 5.52. The molecule has 1 aliphatic rings. The number of likely N-dealkylation sites (N-methyl/N-ethyl adjacent to an activating group) is 1. The SMILES string of the molecule is CN(C)C(=O)c1ccc(N(C)CCN2CCNCC2)nc1. The molecule has 1 aliphatic heterocycles. The smallest absolute Gasteiger partial charge is 0.254 e. The van der Waals surface area contributed by atoms with Gasteiger partial charge in [-0.15, -0.1) is 0 Å². The number of aromatic nitrogens is 1. The number of nitrogens with one attached hydrogen (secondary N) is 1. The molecule has 1 saturated heterocycles. The maximum atomic E-state index is 11.8. The normalized spacial score (nSPS) is 15.8. The van der Waals surface area contributed by atoms with Crippen LogP contribution in [-0.2, 0) is 0 Å². The maximum Gasteiger partial charge on any atom is 0.254 e. The van der Waals surface area contributed by atoms with Crippen molar-refractivity contribution in [2.24, 2.45) is 0 Å². The van der Waals surface area contributed by atoms with Crippen LogP contribution in [-0.4, -0.2) is 81.1 Å². The second-order valence-electron chi connectivity index (χ2n) is 5.62. The van der Waals surface area contributed by atoms with Crippen LogP contribution in [0.4, 0.5) is 5.82 Å². The highest BCUT2D eigenvalue weighted by Crippen LogP contribution is 2.10.